The van der Waals surface area contributed by atoms with Gasteiger partial charge in [-0.3, -0.25) is 4.79 Å². The molecule has 2 rings (SSSR count). The fourth-order valence-electron chi connectivity index (χ4n) is 2.33. The Bertz CT molecular complexity index is 755. The molecule has 2 aromatic rings. The van der Waals surface area contributed by atoms with Crippen LogP contribution in [0.3, 0.4) is 0 Å². The summed E-state index contributed by atoms with van der Waals surface area (Å²) in [4.78, 5) is 15.6. The smallest absolute Gasteiger partial charge is 0.374 e. The number of nitrogens with zero attached hydrogens (tertiary/aromatic N) is 2. The number of nitrogens with one attached hydrogen (secondary N) is 1. The van der Waals surface area contributed by atoms with Crippen LogP contribution in [0.1, 0.15) is 23.4 Å². The highest BCUT2D eigenvalue weighted by atomic mass is 19.4. The summed E-state index contributed by atoms with van der Waals surface area (Å²) in [6.45, 7) is 3.70. The second-order valence-electron chi connectivity index (χ2n) is 5.74. The van der Waals surface area contributed by atoms with Crippen molar-refractivity contribution in [2.75, 3.05) is 5.32 Å². The maximum Gasteiger partial charge on any atom is 0.425 e. The Morgan fingerprint density at radius 3 is 2.46 bits per heavy atom. The molecule has 1 atom stereocenters. The van der Waals surface area contributed by atoms with Crippen LogP contribution in [0, 0.1) is 13.8 Å². The van der Waals surface area contributed by atoms with Crippen molar-refractivity contribution in [3.63, 3.8) is 0 Å². The van der Waals surface area contributed by atoms with E-state index in [1.165, 1.54) is 13.2 Å². The average molecular weight is 341 g/mol. The number of amides is 1. The second-order valence-corrected chi connectivity index (χ2v) is 5.74. The maximum atomic E-state index is 13.4. The van der Waals surface area contributed by atoms with Gasteiger partial charge < -0.3 is 15.0 Å². The molecular weight excluding hydrogens is 323 g/mol. The van der Waals surface area contributed by atoms with E-state index in [0.717, 1.165) is 21.9 Å². The number of aromatic nitrogens is 2. The number of rotatable bonds is 4. The molecular formula is C16H18F3N3O2. The van der Waals surface area contributed by atoms with Crippen molar-refractivity contribution in [1.82, 2.24) is 9.55 Å². The highest BCUT2D eigenvalue weighted by molar-refractivity contribution is 5.91. The van der Waals surface area contributed by atoms with E-state index >= 15 is 0 Å². The number of carbonyl (C=O) groups is 1. The number of imidazole rings is 1. The van der Waals surface area contributed by atoms with Gasteiger partial charge in [0, 0.05) is 25.1 Å². The van der Waals surface area contributed by atoms with Gasteiger partial charge >= 0.3 is 6.18 Å². The third-order valence-corrected chi connectivity index (χ3v) is 3.87. The molecule has 0 spiro atoms. The van der Waals surface area contributed by atoms with Crippen LogP contribution in [0.5, 0.6) is 0 Å². The third kappa shape index (κ3) is 3.43. The number of halogens is 3. The van der Waals surface area contributed by atoms with Crippen LogP contribution in [0.4, 0.5) is 18.9 Å². The Labute approximate surface area is 137 Å². The molecule has 130 valence electrons. The number of aliphatic hydroxyl groups is 1. The fraction of sp³-hybridized carbons (Fsp3) is 0.375. The lowest BCUT2D eigenvalue weighted by atomic mass is 9.97. The number of alkyl halides is 3. The van der Waals surface area contributed by atoms with E-state index in [1.54, 1.807) is 18.2 Å². The molecule has 0 fully saturated rings. The lowest BCUT2D eigenvalue weighted by Gasteiger charge is -2.29. The summed E-state index contributed by atoms with van der Waals surface area (Å²) in [5.74, 6) is -1.59. The van der Waals surface area contributed by atoms with Crippen molar-refractivity contribution in [3.05, 3.63) is 47.5 Å². The molecule has 24 heavy (non-hydrogen) atoms. The molecule has 0 saturated heterocycles. The molecule has 1 heterocycles. The third-order valence-electron chi connectivity index (χ3n) is 3.87. The Morgan fingerprint density at radius 1 is 1.29 bits per heavy atom. The summed E-state index contributed by atoms with van der Waals surface area (Å²) < 4.78 is 41.2. The van der Waals surface area contributed by atoms with Crippen molar-refractivity contribution >= 4 is 11.6 Å². The highest BCUT2D eigenvalue weighted by Gasteiger charge is 2.58. The molecule has 0 aliphatic rings. The minimum Gasteiger partial charge on any atom is -0.374 e. The largest absolute Gasteiger partial charge is 0.425 e. The van der Waals surface area contributed by atoms with Crippen LogP contribution in [-0.4, -0.2) is 26.7 Å². The van der Waals surface area contributed by atoms with Crippen LogP contribution in [0.15, 0.2) is 30.6 Å². The average Bonchev–Trinajstić information content (AvgIpc) is 2.88. The molecule has 0 aliphatic heterocycles. The van der Waals surface area contributed by atoms with Gasteiger partial charge in [-0.25, -0.2) is 4.98 Å². The van der Waals surface area contributed by atoms with E-state index in [0.29, 0.717) is 5.69 Å². The fourth-order valence-corrected chi connectivity index (χ4v) is 2.33. The van der Waals surface area contributed by atoms with Crippen LogP contribution in [-0.2, 0) is 17.4 Å². The molecule has 1 amide bonds. The Balaban J connectivity index is 2.25. The number of hydrogen-bond donors (Lipinski definition) is 2. The maximum absolute atomic E-state index is 13.4. The zero-order valence-electron chi connectivity index (χ0n) is 13.5. The molecule has 0 unspecified atom stereocenters. The minimum absolute atomic E-state index is 0.368. The molecule has 0 bridgehead atoms. The highest BCUT2D eigenvalue weighted by Crippen LogP contribution is 2.40. The Hall–Kier alpha value is -2.35. The first-order valence-corrected chi connectivity index (χ1v) is 7.18. The van der Waals surface area contributed by atoms with E-state index in [1.807, 2.05) is 13.8 Å². The monoisotopic (exact) mass is 341 g/mol. The van der Waals surface area contributed by atoms with Gasteiger partial charge in [0.15, 0.2) is 5.82 Å². The van der Waals surface area contributed by atoms with Crippen molar-refractivity contribution < 1.29 is 23.1 Å². The molecule has 1 aromatic heterocycles. The second kappa shape index (κ2) is 6.27. The normalized spacial score (nSPS) is 14.3. The van der Waals surface area contributed by atoms with Crippen LogP contribution in [0.25, 0.3) is 0 Å². The van der Waals surface area contributed by atoms with Crippen LogP contribution in [0.2, 0.25) is 0 Å². The number of aryl methyl sites for hydroxylation is 3. The predicted molar refractivity (Wildman–Crippen MR) is 82.3 cm³/mol. The zero-order valence-corrected chi connectivity index (χ0v) is 13.5. The Kier molecular flexibility index (Phi) is 4.70. The topological polar surface area (TPSA) is 67.2 Å². The van der Waals surface area contributed by atoms with Gasteiger partial charge in [0.05, 0.1) is 6.42 Å². The number of hydrogen-bond acceptors (Lipinski definition) is 3. The van der Waals surface area contributed by atoms with E-state index in [4.69, 9.17) is 0 Å². The molecule has 8 heteroatoms. The summed E-state index contributed by atoms with van der Waals surface area (Å²) in [5.41, 5.74) is -1.11. The SMILES string of the molecule is Cc1ccc(NC(=O)C[C@](O)(c2nccn2C)C(F)(F)F)cc1C. The van der Waals surface area contributed by atoms with Gasteiger partial charge in [-0.15, -0.1) is 0 Å². The van der Waals surface area contributed by atoms with Crippen molar-refractivity contribution in [2.24, 2.45) is 7.05 Å². The van der Waals surface area contributed by atoms with Crippen molar-refractivity contribution in [2.45, 2.75) is 32.0 Å². The standard InChI is InChI=1S/C16H18F3N3O2/c1-10-4-5-12(8-11(10)2)21-13(23)9-15(24,16(17,18)19)14-20-6-7-22(14)3/h4-8,24H,9H2,1-3H3,(H,21,23)/t15-/m0/s1. The molecule has 0 aliphatic carbocycles. The van der Waals surface area contributed by atoms with Gasteiger partial charge in [-0.1, -0.05) is 6.07 Å². The first kappa shape index (κ1) is 18.0. The van der Waals surface area contributed by atoms with Gasteiger partial charge in [0.1, 0.15) is 0 Å². The van der Waals surface area contributed by atoms with Crippen molar-refractivity contribution in [1.29, 1.82) is 0 Å². The number of benzene rings is 1. The summed E-state index contributed by atoms with van der Waals surface area (Å²) >= 11 is 0. The minimum atomic E-state index is -5.05. The summed E-state index contributed by atoms with van der Waals surface area (Å²) in [5, 5.41) is 12.5. The van der Waals surface area contributed by atoms with Gasteiger partial charge in [-0.05, 0) is 37.1 Å². The van der Waals surface area contributed by atoms with Crippen molar-refractivity contribution in [3.8, 4) is 0 Å². The predicted octanol–water partition coefficient (Wildman–Crippen LogP) is 2.82. The first-order valence-electron chi connectivity index (χ1n) is 7.18. The van der Waals surface area contributed by atoms with Gasteiger partial charge in [0.2, 0.25) is 11.5 Å². The van der Waals surface area contributed by atoms with E-state index in [-0.39, 0.29) is 0 Å². The van der Waals surface area contributed by atoms with Gasteiger partial charge in [-0.2, -0.15) is 13.2 Å². The van der Waals surface area contributed by atoms with E-state index < -0.39 is 29.9 Å². The van der Waals surface area contributed by atoms with Gasteiger partial charge in [0.25, 0.3) is 0 Å². The lowest BCUT2D eigenvalue weighted by molar-refractivity contribution is -0.270. The van der Waals surface area contributed by atoms with Crippen LogP contribution < -0.4 is 5.32 Å². The zero-order chi connectivity index (χ0) is 18.1. The molecule has 0 radical (unpaired) electrons. The quantitative estimate of drug-likeness (QED) is 0.899. The molecule has 1 aromatic carbocycles. The Morgan fingerprint density at radius 2 is 1.96 bits per heavy atom. The van der Waals surface area contributed by atoms with Crippen LogP contribution >= 0.6 is 0 Å². The first-order chi connectivity index (χ1) is 11.0. The number of carbonyl (C=O) groups excluding carboxylic acids is 1. The lowest BCUT2D eigenvalue weighted by Crippen LogP contribution is -2.46. The number of anilines is 1. The van der Waals surface area contributed by atoms with E-state index in [9.17, 15) is 23.1 Å². The summed E-state index contributed by atoms with van der Waals surface area (Å²) in [6, 6.07) is 4.99. The summed E-state index contributed by atoms with van der Waals surface area (Å²) in [6.07, 6.45) is -3.83. The molecule has 5 nitrogen and oxygen atoms in total. The van der Waals surface area contributed by atoms with E-state index in [2.05, 4.69) is 10.3 Å². The molecule has 2 N–H and O–H groups in total. The summed E-state index contributed by atoms with van der Waals surface area (Å²) in [7, 11) is 1.32. The molecule has 0 saturated carbocycles.